The molecule has 1 aromatic rings. The van der Waals surface area contributed by atoms with Gasteiger partial charge in [-0.3, -0.25) is 4.68 Å². The molecule has 0 saturated carbocycles. The Morgan fingerprint density at radius 3 is 2.94 bits per heavy atom. The quantitative estimate of drug-likeness (QED) is 0.928. The summed E-state index contributed by atoms with van der Waals surface area (Å²) in [4.78, 5) is 0. The van der Waals surface area contributed by atoms with Crippen molar-refractivity contribution in [1.29, 1.82) is 0 Å². The van der Waals surface area contributed by atoms with Crippen LogP contribution in [0.15, 0.2) is 10.7 Å². The molecule has 2 heterocycles. The van der Waals surface area contributed by atoms with Crippen LogP contribution in [0.2, 0.25) is 0 Å². The first kappa shape index (κ1) is 13.1. The summed E-state index contributed by atoms with van der Waals surface area (Å²) in [7, 11) is 1.97. The van der Waals surface area contributed by atoms with Gasteiger partial charge in [0, 0.05) is 13.7 Å². The van der Waals surface area contributed by atoms with Gasteiger partial charge in [-0.2, -0.15) is 5.10 Å². The number of nitrogens with zero attached hydrogens (tertiary/aromatic N) is 2. The van der Waals surface area contributed by atoms with Crippen LogP contribution >= 0.6 is 15.9 Å². The van der Waals surface area contributed by atoms with Crippen LogP contribution in [0.5, 0.6) is 0 Å². The van der Waals surface area contributed by atoms with E-state index < -0.39 is 0 Å². The van der Waals surface area contributed by atoms with Crippen LogP contribution in [0.3, 0.4) is 0 Å². The molecule has 17 heavy (non-hydrogen) atoms. The van der Waals surface area contributed by atoms with E-state index in [1.165, 1.54) is 0 Å². The summed E-state index contributed by atoms with van der Waals surface area (Å²) >= 11 is 3.58. The Morgan fingerprint density at radius 1 is 1.71 bits per heavy atom. The summed E-state index contributed by atoms with van der Waals surface area (Å²) in [5, 5.41) is 7.83. The lowest BCUT2D eigenvalue weighted by molar-refractivity contribution is -0.0144. The smallest absolute Gasteiger partial charge is 0.0864 e. The Morgan fingerprint density at radius 2 is 2.47 bits per heavy atom. The fourth-order valence-corrected chi connectivity index (χ4v) is 3.16. The number of aryl methyl sites for hydroxylation is 1. The summed E-state index contributed by atoms with van der Waals surface area (Å²) in [5.74, 6) is 0. The molecule has 4 nitrogen and oxygen atoms in total. The largest absolute Gasteiger partial charge is 0.373 e. The van der Waals surface area contributed by atoms with E-state index in [-0.39, 0.29) is 11.6 Å². The van der Waals surface area contributed by atoms with Crippen molar-refractivity contribution in [3.05, 3.63) is 16.4 Å². The van der Waals surface area contributed by atoms with Crippen molar-refractivity contribution in [1.82, 2.24) is 15.1 Å². The third-order valence-electron chi connectivity index (χ3n) is 3.48. The highest BCUT2D eigenvalue weighted by atomic mass is 79.9. The highest BCUT2D eigenvalue weighted by Crippen LogP contribution is 2.39. The fraction of sp³-hybridized carbons (Fsp3) is 0.750. The second kappa shape index (κ2) is 5.08. The summed E-state index contributed by atoms with van der Waals surface area (Å²) in [6.07, 6.45) is 4.06. The number of rotatable bonds is 4. The SMILES string of the molecule is CCNC(c1c(Br)cnn1C)C1(C)CCCO1. The van der Waals surface area contributed by atoms with E-state index in [9.17, 15) is 0 Å². The molecule has 0 spiro atoms. The third-order valence-corrected chi connectivity index (χ3v) is 4.09. The van der Waals surface area contributed by atoms with Gasteiger partial charge in [-0.15, -0.1) is 0 Å². The first-order chi connectivity index (χ1) is 8.08. The standard InChI is InChI=1S/C12H20BrN3O/c1-4-14-11(12(2)6-5-7-17-12)10-9(13)8-15-16(10)3/h8,11,14H,4-7H2,1-3H3. The van der Waals surface area contributed by atoms with Crippen molar-refractivity contribution in [3.8, 4) is 0 Å². The average molecular weight is 302 g/mol. The maximum Gasteiger partial charge on any atom is 0.0864 e. The van der Waals surface area contributed by atoms with Crippen molar-refractivity contribution in [2.45, 2.75) is 38.3 Å². The van der Waals surface area contributed by atoms with E-state index in [4.69, 9.17) is 4.74 Å². The molecule has 0 radical (unpaired) electrons. The summed E-state index contributed by atoms with van der Waals surface area (Å²) in [5.41, 5.74) is 1.03. The minimum absolute atomic E-state index is 0.133. The molecule has 1 aliphatic rings. The van der Waals surface area contributed by atoms with Crippen LogP contribution in [0.1, 0.15) is 38.4 Å². The number of hydrogen-bond donors (Lipinski definition) is 1. The van der Waals surface area contributed by atoms with Gasteiger partial charge in [0.2, 0.25) is 0 Å². The molecule has 2 rings (SSSR count). The number of likely N-dealkylation sites (N-methyl/N-ethyl adjacent to an activating group) is 1. The molecule has 0 amide bonds. The molecule has 0 aliphatic carbocycles. The Kier molecular flexibility index (Phi) is 3.90. The zero-order chi connectivity index (χ0) is 12.5. The highest BCUT2D eigenvalue weighted by Gasteiger charge is 2.41. The molecule has 96 valence electrons. The van der Waals surface area contributed by atoms with Crippen LogP contribution in [0.4, 0.5) is 0 Å². The van der Waals surface area contributed by atoms with Crippen molar-refractivity contribution in [2.24, 2.45) is 7.05 Å². The molecule has 5 heteroatoms. The molecule has 1 saturated heterocycles. The lowest BCUT2D eigenvalue weighted by Gasteiger charge is -2.34. The van der Waals surface area contributed by atoms with Crippen LogP contribution < -0.4 is 5.32 Å². The lowest BCUT2D eigenvalue weighted by Crippen LogP contribution is -2.42. The highest BCUT2D eigenvalue weighted by molar-refractivity contribution is 9.10. The zero-order valence-electron chi connectivity index (χ0n) is 10.7. The predicted octanol–water partition coefficient (Wildman–Crippen LogP) is 2.40. The van der Waals surface area contributed by atoms with Crippen LogP contribution in [-0.2, 0) is 11.8 Å². The van der Waals surface area contributed by atoms with Crippen molar-refractivity contribution in [3.63, 3.8) is 0 Å². The number of halogens is 1. The number of ether oxygens (including phenoxy) is 1. The summed E-state index contributed by atoms with van der Waals surface area (Å²) in [6, 6.07) is 0.178. The van der Waals surface area contributed by atoms with Crippen LogP contribution in [-0.4, -0.2) is 28.5 Å². The number of hydrogen-bond acceptors (Lipinski definition) is 3. The van der Waals surface area contributed by atoms with Crippen molar-refractivity contribution < 1.29 is 4.74 Å². The molecule has 1 N–H and O–H groups in total. The van der Waals surface area contributed by atoms with Gasteiger partial charge in [-0.25, -0.2) is 0 Å². The van der Waals surface area contributed by atoms with E-state index in [1.807, 2.05) is 17.9 Å². The van der Waals surface area contributed by atoms with Gasteiger partial charge in [0.15, 0.2) is 0 Å². The molecule has 2 unspecified atom stereocenters. The number of nitrogens with one attached hydrogen (secondary N) is 1. The van der Waals surface area contributed by atoms with E-state index in [0.29, 0.717) is 0 Å². The normalized spacial score (nSPS) is 26.4. The maximum absolute atomic E-state index is 5.96. The van der Waals surface area contributed by atoms with E-state index in [2.05, 4.69) is 40.2 Å². The maximum atomic E-state index is 5.96. The van der Waals surface area contributed by atoms with Gasteiger partial charge >= 0.3 is 0 Å². The molecule has 1 aliphatic heterocycles. The Balaban J connectivity index is 2.35. The first-order valence-corrected chi connectivity index (χ1v) is 6.92. The first-order valence-electron chi connectivity index (χ1n) is 6.13. The Bertz CT molecular complexity index is 366. The second-order valence-corrected chi connectivity index (χ2v) is 5.61. The van der Waals surface area contributed by atoms with Gasteiger partial charge in [-0.05, 0) is 42.2 Å². The van der Waals surface area contributed by atoms with Crippen molar-refractivity contribution >= 4 is 15.9 Å². The van der Waals surface area contributed by atoms with Crippen LogP contribution in [0, 0.1) is 0 Å². The predicted molar refractivity (Wildman–Crippen MR) is 70.9 cm³/mol. The minimum atomic E-state index is -0.133. The summed E-state index contributed by atoms with van der Waals surface area (Å²) < 4.78 is 8.93. The van der Waals surface area contributed by atoms with Crippen molar-refractivity contribution in [2.75, 3.05) is 13.2 Å². The van der Waals surface area contributed by atoms with Crippen LogP contribution in [0.25, 0.3) is 0 Å². The van der Waals surface area contributed by atoms with E-state index in [0.717, 1.165) is 36.2 Å². The molecule has 0 aromatic carbocycles. The topological polar surface area (TPSA) is 39.1 Å². The molecule has 0 bridgehead atoms. The van der Waals surface area contributed by atoms with Gasteiger partial charge in [0.05, 0.1) is 28.0 Å². The van der Waals surface area contributed by atoms with Gasteiger partial charge in [0.25, 0.3) is 0 Å². The summed E-state index contributed by atoms with van der Waals surface area (Å²) in [6.45, 7) is 6.08. The number of aromatic nitrogens is 2. The Labute approximate surface area is 111 Å². The molecular formula is C12H20BrN3O. The monoisotopic (exact) mass is 301 g/mol. The molecule has 1 fully saturated rings. The molecule has 1 aromatic heterocycles. The average Bonchev–Trinajstić information content (AvgIpc) is 2.85. The van der Waals surface area contributed by atoms with E-state index >= 15 is 0 Å². The Hall–Kier alpha value is -0.390. The van der Waals surface area contributed by atoms with E-state index in [1.54, 1.807) is 0 Å². The lowest BCUT2D eigenvalue weighted by atomic mass is 9.90. The third kappa shape index (κ3) is 2.41. The molecule has 2 atom stereocenters. The van der Waals surface area contributed by atoms with Gasteiger partial charge in [0.1, 0.15) is 0 Å². The zero-order valence-corrected chi connectivity index (χ0v) is 12.2. The fourth-order valence-electron chi connectivity index (χ4n) is 2.58. The molecular weight excluding hydrogens is 282 g/mol. The van der Waals surface area contributed by atoms with Gasteiger partial charge < -0.3 is 10.1 Å². The van der Waals surface area contributed by atoms with Gasteiger partial charge in [-0.1, -0.05) is 6.92 Å². The second-order valence-electron chi connectivity index (χ2n) is 4.76. The minimum Gasteiger partial charge on any atom is -0.373 e.